The first-order chi connectivity index (χ1) is 9.61. The van der Waals surface area contributed by atoms with Crippen molar-refractivity contribution in [3.05, 3.63) is 34.9 Å². The van der Waals surface area contributed by atoms with Crippen molar-refractivity contribution in [2.24, 2.45) is 5.73 Å². The van der Waals surface area contributed by atoms with Crippen molar-refractivity contribution in [3.8, 4) is 0 Å². The molecule has 0 atom stereocenters. The Labute approximate surface area is 124 Å². The summed E-state index contributed by atoms with van der Waals surface area (Å²) in [6, 6.07) is 6.86. The van der Waals surface area contributed by atoms with Gasteiger partial charge in [0.1, 0.15) is 0 Å². The maximum atomic E-state index is 6.20. The van der Waals surface area contributed by atoms with Crippen molar-refractivity contribution in [2.75, 3.05) is 26.2 Å². The number of hydrogen-bond acceptors (Lipinski definition) is 2. The van der Waals surface area contributed by atoms with Gasteiger partial charge in [-0.2, -0.15) is 0 Å². The highest BCUT2D eigenvalue weighted by atomic mass is 15.1. The van der Waals surface area contributed by atoms with Crippen molar-refractivity contribution in [2.45, 2.75) is 51.9 Å². The second kappa shape index (κ2) is 6.73. The third-order valence-electron chi connectivity index (χ3n) is 4.99. The number of hydrogen-bond donors (Lipinski definition) is 1. The van der Waals surface area contributed by atoms with E-state index in [4.69, 9.17) is 5.73 Å². The van der Waals surface area contributed by atoms with Gasteiger partial charge in [-0.05, 0) is 63.9 Å². The van der Waals surface area contributed by atoms with E-state index < -0.39 is 0 Å². The molecule has 2 rings (SSSR count). The van der Waals surface area contributed by atoms with Crippen LogP contribution in [0.5, 0.6) is 0 Å². The maximum absolute atomic E-state index is 6.20. The molecule has 0 amide bonds. The zero-order chi connectivity index (χ0) is 14.6. The molecular formula is C18H30N2. The van der Waals surface area contributed by atoms with Crippen molar-refractivity contribution >= 4 is 0 Å². The number of nitrogens with zero attached hydrogens (tertiary/aromatic N) is 1. The molecule has 0 radical (unpaired) electrons. The van der Waals surface area contributed by atoms with E-state index >= 15 is 0 Å². The molecule has 1 saturated heterocycles. The molecule has 0 aromatic heterocycles. The van der Waals surface area contributed by atoms with Crippen molar-refractivity contribution < 1.29 is 0 Å². The van der Waals surface area contributed by atoms with Gasteiger partial charge in [0.25, 0.3) is 0 Å². The van der Waals surface area contributed by atoms with E-state index in [0.717, 1.165) is 6.54 Å². The Hall–Kier alpha value is -0.860. The lowest BCUT2D eigenvalue weighted by Gasteiger charge is -2.42. The summed E-state index contributed by atoms with van der Waals surface area (Å²) in [6.45, 7) is 11.1. The van der Waals surface area contributed by atoms with Crippen LogP contribution in [0.15, 0.2) is 18.2 Å². The summed E-state index contributed by atoms with van der Waals surface area (Å²) >= 11 is 0. The molecule has 2 heteroatoms. The second-order valence-corrected chi connectivity index (χ2v) is 6.50. The SMILES string of the molecule is CCCCN1CCC(CN)(c2ccc(C)cc2C)CC1. The van der Waals surface area contributed by atoms with Crippen LogP contribution >= 0.6 is 0 Å². The second-order valence-electron chi connectivity index (χ2n) is 6.50. The zero-order valence-electron chi connectivity index (χ0n) is 13.4. The third-order valence-corrected chi connectivity index (χ3v) is 4.99. The third kappa shape index (κ3) is 3.24. The molecule has 1 aliphatic heterocycles. The molecule has 0 aliphatic carbocycles. The van der Waals surface area contributed by atoms with Gasteiger partial charge in [0.15, 0.2) is 0 Å². The highest BCUT2D eigenvalue weighted by Gasteiger charge is 2.35. The van der Waals surface area contributed by atoms with Gasteiger partial charge < -0.3 is 10.6 Å². The normalized spacial score (nSPS) is 19.2. The summed E-state index contributed by atoms with van der Waals surface area (Å²) in [4.78, 5) is 2.61. The molecule has 0 saturated carbocycles. The maximum Gasteiger partial charge on any atom is 0.0102 e. The van der Waals surface area contributed by atoms with Gasteiger partial charge in [0.2, 0.25) is 0 Å². The molecule has 1 aromatic carbocycles. The highest BCUT2D eigenvalue weighted by molar-refractivity contribution is 5.37. The van der Waals surface area contributed by atoms with Crippen LogP contribution in [0.3, 0.4) is 0 Å². The topological polar surface area (TPSA) is 29.3 Å². The Morgan fingerprint density at radius 2 is 1.90 bits per heavy atom. The van der Waals surface area contributed by atoms with Crippen LogP contribution in [-0.4, -0.2) is 31.1 Å². The minimum Gasteiger partial charge on any atom is -0.330 e. The Morgan fingerprint density at radius 1 is 1.20 bits per heavy atom. The fourth-order valence-corrected chi connectivity index (χ4v) is 3.58. The van der Waals surface area contributed by atoms with E-state index in [2.05, 4.69) is 43.9 Å². The summed E-state index contributed by atoms with van der Waals surface area (Å²) in [5.41, 5.74) is 10.7. The highest BCUT2D eigenvalue weighted by Crippen LogP contribution is 2.36. The Bertz CT molecular complexity index is 431. The smallest absolute Gasteiger partial charge is 0.0102 e. The van der Waals surface area contributed by atoms with E-state index in [-0.39, 0.29) is 5.41 Å². The molecular weight excluding hydrogens is 244 g/mol. The quantitative estimate of drug-likeness (QED) is 0.891. The van der Waals surface area contributed by atoms with E-state index in [1.54, 1.807) is 0 Å². The van der Waals surface area contributed by atoms with Crippen LogP contribution < -0.4 is 5.73 Å². The van der Waals surface area contributed by atoms with Gasteiger partial charge >= 0.3 is 0 Å². The van der Waals surface area contributed by atoms with Crippen molar-refractivity contribution in [3.63, 3.8) is 0 Å². The molecule has 1 heterocycles. The van der Waals surface area contributed by atoms with Crippen LogP contribution in [0.25, 0.3) is 0 Å². The van der Waals surface area contributed by atoms with Crippen LogP contribution in [0.1, 0.15) is 49.3 Å². The predicted octanol–water partition coefficient (Wildman–Crippen LogP) is 3.40. The average Bonchev–Trinajstić information content (AvgIpc) is 2.46. The van der Waals surface area contributed by atoms with Gasteiger partial charge in [-0.25, -0.2) is 0 Å². The Morgan fingerprint density at radius 3 is 2.45 bits per heavy atom. The summed E-state index contributed by atoms with van der Waals surface area (Å²) in [6.07, 6.45) is 5.02. The van der Waals surface area contributed by atoms with Gasteiger partial charge in [-0.15, -0.1) is 0 Å². The first-order valence-electron chi connectivity index (χ1n) is 8.11. The van der Waals surface area contributed by atoms with E-state index in [1.165, 1.54) is 62.0 Å². The number of aryl methyl sites for hydroxylation is 2. The van der Waals surface area contributed by atoms with Crippen LogP contribution in [0, 0.1) is 13.8 Å². The Balaban J connectivity index is 2.12. The molecule has 1 aliphatic rings. The van der Waals surface area contributed by atoms with Gasteiger partial charge in [0.05, 0.1) is 0 Å². The molecule has 0 unspecified atom stereocenters. The zero-order valence-corrected chi connectivity index (χ0v) is 13.4. The van der Waals surface area contributed by atoms with Crippen molar-refractivity contribution in [1.82, 2.24) is 4.90 Å². The minimum atomic E-state index is 0.209. The monoisotopic (exact) mass is 274 g/mol. The fourth-order valence-electron chi connectivity index (χ4n) is 3.58. The lowest BCUT2D eigenvalue weighted by atomic mass is 9.71. The molecule has 2 nitrogen and oxygen atoms in total. The van der Waals surface area contributed by atoms with Gasteiger partial charge in [0, 0.05) is 12.0 Å². The average molecular weight is 274 g/mol. The number of unbranched alkanes of at least 4 members (excludes halogenated alkanes) is 1. The summed E-state index contributed by atoms with van der Waals surface area (Å²) < 4.78 is 0. The summed E-state index contributed by atoms with van der Waals surface area (Å²) in [5.74, 6) is 0. The summed E-state index contributed by atoms with van der Waals surface area (Å²) in [7, 11) is 0. The Kier molecular flexibility index (Phi) is 5.22. The molecule has 0 spiro atoms. The predicted molar refractivity (Wildman–Crippen MR) is 87.2 cm³/mol. The van der Waals surface area contributed by atoms with Crippen LogP contribution in [0.2, 0.25) is 0 Å². The van der Waals surface area contributed by atoms with Crippen LogP contribution in [0.4, 0.5) is 0 Å². The number of piperidine rings is 1. The number of likely N-dealkylation sites (tertiary alicyclic amines) is 1. The van der Waals surface area contributed by atoms with E-state index in [1.807, 2.05) is 0 Å². The molecule has 112 valence electrons. The lowest BCUT2D eigenvalue weighted by molar-refractivity contribution is 0.160. The molecule has 1 fully saturated rings. The first-order valence-corrected chi connectivity index (χ1v) is 8.11. The van der Waals surface area contributed by atoms with Crippen molar-refractivity contribution in [1.29, 1.82) is 0 Å². The lowest BCUT2D eigenvalue weighted by Crippen LogP contribution is -2.47. The molecule has 1 aromatic rings. The summed E-state index contributed by atoms with van der Waals surface area (Å²) in [5, 5.41) is 0. The number of benzene rings is 1. The largest absolute Gasteiger partial charge is 0.330 e. The first kappa shape index (κ1) is 15.5. The number of nitrogens with two attached hydrogens (primary N) is 1. The molecule has 20 heavy (non-hydrogen) atoms. The van der Waals surface area contributed by atoms with E-state index in [9.17, 15) is 0 Å². The van der Waals surface area contributed by atoms with Gasteiger partial charge in [-0.1, -0.05) is 37.1 Å². The van der Waals surface area contributed by atoms with Gasteiger partial charge in [-0.3, -0.25) is 0 Å². The molecule has 2 N–H and O–H groups in total. The standard InChI is InChI=1S/C18H30N2/c1-4-5-10-20-11-8-18(14-19,9-12-20)17-7-6-15(2)13-16(17)3/h6-7,13H,4-5,8-12,14,19H2,1-3H3. The number of rotatable bonds is 5. The molecule has 0 bridgehead atoms. The fraction of sp³-hybridized carbons (Fsp3) is 0.667. The minimum absolute atomic E-state index is 0.209. The van der Waals surface area contributed by atoms with E-state index in [0.29, 0.717) is 0 Å². The van der Waals surface area contributed by atoms with Crippen LogP contribution in [-0.2, 0) is 5.41 Å².